The highest BCUT2D eigenvalue weighted by Crippen LogP contribution is 2.35. The average Bonchev–Trinajstić information content (AvgIpc) is 3.13. The van der Waals surface area contributed by atoms with Gasteiger partial charge in [0.25, 0.3) is 0 Å². The van der Waals surface area contributed by atoms with Gasteiger partial charge in [0.2, 0.25) is 0 Å². The fourth-order valence-corrected chi connectivity index (χ4v) is 3.72. The second kappa shape index (κ2) is 8.99. The van der Waals surface area contributed by atoms with E-state index in [-0.39, 0.29) is 13.2 Å². The molecular weight excluding hydrogens is 404 g/mol. The molecule has 30 heavy (non-hydrogen) atoms. The van der Waals surface area contributed by atoms with E-state index in [2.05, 4.69) is 11.1 Å². The minimum Gasteiger partial charge on any atom is -0.491 e. The number of thiophene rings is 1. The third kappa shape index (κ3) is 5.47. The fraction of sp³-hybridized carbons (Fsp3) is 0.364. The van der Waals surface area contributed by atoms with E-state index in [1.54, 1.807) is 30.6 Å². The van der Waals surface area contributed by atoms with Crippen LogP contribution in [0, 0.1) is 0 Å². The summed E-state index contributed by atoms with van der Waals surface area (Å²) in [6.07, 6.45) is 0.377. The van der Waals surface area contributed by atoms with Crippen LogP contribution in [0.5, 0.6) is 5.75 Å². The number of aromatic nitrogens is 1. The van der Waals surface area contributed by atoms with E-state index in [0.717, 1.165) is 20.5 Å². The predicted molar refractivity (Wildman–Crippen MR) is 118 cm³/mol. The number of aliphatic hydroxyl groups excluding tert-OH is 2. The number of benzene rings is 1. The van der Waals surface area contributed by atoms with Crippen LogP contribution in [0.3, 0.4) is 0 Å². The number of carbonyl (C=O) groups excluding carboxylic acids is 1. The first-order valence-corrected chi connectivity index (χ1v) is 10.4. The summed E-state index contributed by atoms with van der Waals surface area (Å²) < 4.78 is 11.9. The Morgan fingerprint density at radius 1 is 1.23 bits per heavy atom. The van der Waals surface area contributed by atoms with Gasteiger partial charge in [0, 0.05) is 28.4 Å². The van der Waals surface area contributed by atoms with Gasteiger partial charge in [0.15, 0.2) is 0 Å². The Morgan fingerprint density at radius 3 is 2.63 bits per heavy atom. The Morgan fingerprint density at radius 2 is 2.00 bits per heavy atom. The number of fused-ring (bicyclic) bond motifs is 1. The summed E-state index contributed by atoms with van der Waals surface area (Å²) in [5.41, 5.74) is 0.372. The van der Waals surface area contributed by atoms with Crippen LogP contribution in [0.1, 0.15) is 20.8 Å². The van der Waals surface area contributed by atoms with Crippen molar-refractivity contribution >= 4 is 33.3 Å². The highest BCUT2D eigenvalue weighted by Gasteiger charge is 2.21. The number of ether oxygens (including phenoxy) is 2. The molecule has 160 valence electrons. The van der Waals surface area contributed by atoms with Gasteiger partial charge in [-0.15, -0.1) is 11.3 Å². The number of nitrogens with zero attached hydrogens (tertiary/aromatic N) is 2. The largest absolute Gasteiger partial charge is 0.491 e. The van der Waals surface area contributed by atoms with Crippen LogP contribution in [-0.2, 0) is 4.74 Å². The number of carbonyl (C=O) groups is 1. The summed E-state index contributed by atoms with van der Waals surface area (Å²) in [7, 11) is 1.63. The Balaban J connectivity index is 1.75. The van der Waals surface area contributed by atoms with Crippen molar-refractivity contribution in [1.82, 2.24) is 4.98 Å². The maximum Gasteiger partial charge on any atom is 0.415 e. The molecule has 0 aliphatic rings. The quantitative estimate of drug-likeness (QED) is 0.613. The lowest BCUT2D eigenvalue weighted by Crippen LogP contribution is -2.34. The van der Waals surface area contributed by atoms with E-state index in [4.69, 9.17) is 14.6 Å². The van der Waals surface area contributed by atoms with Gasteiger partial charge in [-0.05, 0) is 62.6 Å². The second-order valence-electron chi connectivity index (χ2n) is 7.90. The van der Waals surface area contributed by atoms with E-state index in [1.165, 1.54) is 4.90 Å². The number of anilines is 1. The molecule has 8 heteroatoms. The third-order valence-electron chi connectivity index (χ3n) is 4.19. The highest BCUT2D eigenvalue weighted by molar-refractivity contribution is 7.22. The first kappa shape index (κ1) is 22.0. The predicted octanol–water partition coefficient (Wildman–Crippen LogP) is 4.07. The van der Waals surface area contributed by atoms with Crippen molar-refractivity contribution in [3.05, 3.63) is 42.6 Å². The molecule has 3 aromatic rings. The van der Waals surface area contributed by atoms with E-state index >= 15 is 0 Å². The smallest absolute Gasteiger partial charge is 0.415 e. The van der Waals surface area contributed by atoms with E-state index in [0.29, 0.717) is 11.6 Å². The molecule has 0 spiro atoms. The number of hydrogen-bond acceptors (Lipinski definition) is 7. The molecule has 3 rings (SSSR count). The molecule has 1 atom stereocenters. The molecule has 1 aromatic carbocycles. The van der Waals surface area contributed by atoms with Gasteiger partial charge in [-0.2, -0.15) is 0 Å². The lowest BCUT2D eigenvalue weighted by molar-refractivity contribution is 0.0536. The maximum atomic E-state index is 12.2. The van der Waals surface area contributed by atoms with Crippen LogP contribution in [0.15, 0.2) is 42.6 Å². The van der Waals surface area contributed by atoms with Gasteiger partial charge in [-0.3, -0.25) is 4.90 Å². The SMILES string of the molecule is CN(C(=O)OC(C)(C)C)c1ccc(-c2cc3ccc(OC[C@H](O)CO)cc3s2)cn1. The maximum absolute atomic E-state index is 12.2. The number of pyridine rings is 1. The normalized spacial score (nSPS) is 12.6. The topological polar surface area (TPSA) is 92.1 Å². The number of hydrogen-bond donors (Lipinski definition) is 2. The Labute approximate surface area is 179 Å². The summed E-state index contributed by atoms with van der Waals surface area (Å²) >= 11 is 1.60. The van der Waals surface area contributed by atoms with Gasteiger partial charge < -0.3 is 19.7 Å². The molecule has 0 bridgehead atoms. The Bertz CT molecular complexity index is 1010. The number of aliphatic hydroxyl groups is 2. The van der Waals surface area contributed by atoms with Crippen molar-refractivity contribution in [1.29, 1.82) is 0 Å². The first-order chi connectivity index (χ1) is 14.2. The van der Waals surface area contributed by atoms with Gasteiger partial charge in [-0.25, -0.2) is 9.78 Å². The minimum atomic E-state index is -0.900. The molecule has 0 radical (unpaired) electrons. The van der Waals surface area contributed by atoms with E-state index in [9.17, 15) is 9.90 Å². The molecule has 0 aliphatic heterocycles. The zero-order valence-electron chi connectivity index (χ0n) is 17.5. The highest BCUT2D eigenvalue weighted by atomic mass is 32.1. The number of rotatable bonds is 6. The summed E-state index contributed by atoms with van der Waals surface area (Å²) in [6.45, 7) is 5.17. The molecule has 0 saturated carbocycles. The zero-order valence-corrected chi connectivity index (χ0v) is 18.3. The van der Waals surface area contributed by atoms with Crippen LogP contribution in [0.4, 0.5) is 10.6 Å². The molecule has 7 nitrogen and oxygen atoms in total. The van der Waals surface area contributed by atoms with Crippen LogP contribution in [-0.4, -0.2) is 53.3 Å². The van der Waals surface area contributed by atoms with E-state index in [1.807, 2.05) is 45.0 Å². The number of amides is 1. The van der Waals surface area contributed by atoms with Crippen LogP contribution >= 0.6 is 11.3 Å². The van der Waals surface area contributed by atoms with Crippen LogP contribution < -0.4 is 9.64 Å². The van der Waals surface area contributed by atoms with E-state index < -0.39 is 17.8 Å². The van der Waals surface area contributed by atoms with Crippen molar-refractivity contribution < 1.29 is 24.5 Å². The monoisotopic (exact) mass is 430 g/mol. The molecule has 0 saturated heterocycles. The second-order valence-corrected chi connectivity index (χ2v) is 8.99. The Hall–Kier alpha value is -2.68. The van der Waals surface area contributed by atoms with Crippen LogP contribution in [0.2, 0.25) is 0 Å². The molecule has 2 aromatic heterocycles. The lowest BCUT2D eigenvalue weighted by atomic mass is 10.2. The van der Waals surface area contributed by atoms with Crippen molar-refractivity contribution in [2.75, 3.05) is 25.2 Å². The summed E-state index contributed by atoms with van der Waals surface area (Å²) in [5.74, 6) is 1.14. The molecule has 0 unspecified atom stereocenters. The Kier molecular flexibility index (Phi) is 6.60. The molecule has 1 amide bonds. The van der Waals surface area contributed by atoms with Crippen molar-refractivity contribution in [3.63, 3.8) is 0 Å². The average molecular weight is 431 g/mol. The molecule has 0 aliphatic carbocycles. The van der Waals surface area contributed by atoms with Gasteiger partial charge >= 0.3 is 6.09 Å². The van der Waals surface area contributed by atoms with Gasteiger partial charge in [-0.1, -0.05) is 0 Å². The summed E-state index contributed by atoms with van der Waals surface area (Å²) in [5, 5.41) is 19.4. The molecule has 0 fully saturated rings. The summed E-state index contributed by atoms with van der Waals surface area (Å²) in [6, 6.07) is 11.5. The minimum absolute atomic E-state index is 0.0385. The first-order valence-electron chi connectivity index (χ1n) is 9.55. The van der Waals surface area contributed by atoms with Crippen molar-refractivity contribution in [2.24, 2.45) is 0 Å². The molecule has 2 heterocycles. The van der Waals surface area contributed by atoms with Crippen LogP contribution in [0.25, 0.3) is 20.5 Å². The van der Waals surface area contributed by atoms with Crippen molar-refractivity contribution in [3.8, 4) is 16.2 Å². The summed E-state index contributed by atoms with van der Waals surface area (Å²) in [4.78, 5) is 19.0. The zero-order chi connectivity index (χ0) is 21.9. The standard InChI is InChI=1S/C22H26N2O5S/c1-22(2,3)29-21(27)24(4)20-8-6-15(11-23-20)18-9-14-5-7-17(10-19(14)30-18)28-13-16(26)12-25/h5-11,16,25-26H,12-13H2,1-4H3/t16-/m1/s1. The van der Waals surface area contributed by atoms with Crippen molar-refractivity contribution in [2.45, 2.75) is 32.5 Å². The lowest BCUT2D eigenvalue weighted by Gasteiger charge is -2.24. The van der Waals surface area contributed by atoms with Gasteiger partial charge in [0.05, 0.1) is 6.61 Å². The molecular formula is C22H26N2O5S. The third-order valence-corrected chi connectivity index (χ3v) is 5.34. The molecule has 2 N–H and O–H groups in total. The van der Waals surface area contributed by atoms with Gasteiger partial charge in [0.1, 0.15) is 29.9 Å². The fourth-order valence-electron chi connectivity index (χ4n) is 2.64.